The third kappa shape index (κ3) is 4.59. The molecule has 1 atom stereocenters. The summed E-state index contributed by atoms with van der Waals surface area (Å²) in [6.45, 7) is 4.62. The lowest BCUT2D eigenvalue weighted by Crippen LogP contribution is -2.30. The minimum Gasteiger partial charge on any atom is -0.384 e. The number of hydrogen-bond donors (Lipinski definition) is 2. The molecule has 21 heavy (non-hydrogen) atoms. The zero-order valence-electron chi connectivity index (χ0n) is 12.6. The molecule has 1 unspecified atom stereocenters. The van der Waals surface area contributed by atoms with Crippen molar-refractivity contribution in [2.24, 2.45) is 5.92 Å². The molecule has 1 aliphatic rings. The van der Waals surface area contributed by atoms with Crippen molar-refractivity contribution in [2.45, 2.75) is 13.3 Å². The number of nitrogens with zero attached hydrogens (tertiary/aromatic N) is 1. The summed E-state index contributed by atoms with van der Waals surface area (Å²) in [4.78, 5) is 14.5. The maximum absolute atomic E-state index is 12.2. The van der Waals surface area contributed by atoms with Crippen LogP contribution in [0, 0.1) is 24.7 Å². The highest BCUT2D eigenvalue weighted by Crippen LogP contribution is 2.14. The molecule has 1 aromatic rings. The van der Waals surface area contributed by atoms with Crippen molar-refractivity contribution in [1.29, 1.82) is 0 Å². The topological polar surface area (TPSA) is 52.6 Å². The highest BCUT2D eigenvalue weighted by molar-refractivity contribution is 5.94. The van der Waals surface area contributed by atoms with Crippen LogP contribution in [0.5, 0.6) is 0 Å². The molecule has 2 N–H and O–H groups in total. The molecule has 112 valence electrons. The first-order chi connectivity index (χ1) is 10.1. The van der Waals surface area contributed by atoms with E-state index in [1.165, 1.54) is 0 Å². The molecule has 1 aliphatic heterocycles. The van der Waals surface area contributed by atoms with Gasteiger partial charge in [-0.15, -0.1) is 0 Å². The van der Waals surface area contributed by atoms with E-state index in [0.29, 0.717) is 11.5 Å². The number of nitrogens with one attached hydrogen (secondary N) is 1. The smallest absolute Gasteiger partial charge is 0.251 e. The summed E-state index contributed by atoms with van der Waals surface area (Å²) in [6.07, 6.45) is 1.14. The minimum atomic E-state index is -0.176. The van der Waals surface area contributed by atoms with Crippen LogP contribution in [0.2, 0.25) is 0 Å². The first-order valence-electron chi connectivity index (χ1n) is 7.26. The van der Waals surface area contributed by atoms with Crippen molar-refractivity contribution in [3.8, 4) is 11.8 Å². The summed E-state index contributed by atoms with van der Waals surface area (Å²) in [5.74, 6) is 5.94. The number of aliphatic hydroxyl groups is 1. The van der Waals surface area contributed by atoms with Crippen LogP contribution in [0.15, 0.2) is 18.2 Å². The zero-order valence-corrected chi connectivity index (χ0v) is 12.6. The lowest BCUT2D eigenvalue weighted by molar-refractivity contribution is 0.0947. The van der Waals surface area contributed by atoms with E-state index >= 15 is 0 Å². The quantitative estimate of drug-likeness (QED) is 0.816. The highest BCUT2D eigenvalue weighted by atomic mass is 16.2. The van der Waals surface area contributed by atoms with Gasteiger partial charge in [-0.2, -0.15) is 0 Å². The number of benzene rings is 1. The predicted octanol–water partition coefficient (Wildman–Crippen LogP) is 1.02. The van der Waals surface area contributed by atoms with Crippen LogP contribution < -0.4 is 5.32 Å². The van der Waals surface area contributed by atoms with E-state index in [1.54, 1.807) is 6.07 Å². The Morgan fingerprint density at radius 2 is 2.29 bits per heavy atom. The number of aliphatic hydroxyl groups excluding tert-OH is 1. The second kappa shape index (κ2) is 7.26. The van der Waals surface area contributed by atoms with Crippen LogP contribution in [-0.2, 0) is 0 Å². The lowest BCUT2D eigenvalue weighted by atomic mass is 10.1. The Morgan fingerprint density at radius 3 is 2.95 bits per heavy atom. The average Bonchev–Trinajstić information content (AvgIpc) is 2.87. The van der Waals surface area contributed by atoms with Gasteiger partial charge < -0.3 is 15.3 Å². The number of rotatable bonds is 3. The third-order valence-electron chi connectivity index (χ3n) is 3.69. The van der Waals surface area contributed by atoms with Crippen molar-refractivity contribution in [3.05, 3.63) is 34.9 Å². The first-order valence-corrected chi connectivity index (χ1v) is 7.26. The van der Waals surface area contributed by atoms with Gasteiger partial charge in [0.2, 0.25) is 0 Å². The van der Waals surface area contributed by atoms with Gasteiger partial charge in [-0.05, 0) is 56.6 Å². The van der Waals surface area contributed by atoms with Crippen LogP contribution in [0.4, 0.5) is 0 Å². The molecule has 1 amide bonds. The third-order valence-corrected chi connectivity index (χ3v) is 3.69. The Kier molecular flexibility index (Phi) is 5.38. The zero-order chi connectivity index (χ0) is 15.2. The van der Waals surface area contributed by atoms with E-state index < -0.39 is 0 Å². The number of likely N-dealkylation sites (tertiary alicyclic amines) is 1. The molecule has 0 radical (unpaired) electrons. The van der Waals surface area contributed by atoms with E-state index in [1.807, 2.05) is 19.1 Å². The fourth-order valence-corrected chi connectivity index (χ4v) is 2.66. The van der Waals surface area contributed by atoms with E-state index in [9.17, 15) is 4.79 Å². The first kappa shape index (κ1) is 15.6. The number of carbonyl (C=O) groups excluding carboxylic acids is 1. The maximum atomic E-state index is 12.2. The molecule has 0 bridgehead atoms. The fraction of sp³-hybridized carbons (Fsp3) is 0.471. The number of carbonyl (C=O) groups is 1. The van der Waals surface area contributed by atoms with Gasteiger partial charge in [-0.25, -0.2) is 0 Å². The molecular formula is C17H22N2O2. The van der Waals surface area contributed by atoms with Crippen LogP contribution in [0.25, 0.3) is 0 Å². The molecule has 4 nitrogen and oxygen atoms in total. The summed E-state index contributed by atoms with van der Waals surface area (Å²) < 4.78 is 0. The summed E-state index contributed by atoms with van der Waals surface area (Å²) in [5, 5.41) is 11.8. The second-order valence-electron chi connectivity index (χ2n) is 5.67. The molecule has 0 aromatic heterocycles. The van der Waals surface area contributed by atoms with Gasteiger partial charge >= 0.3 is 0 Å². The van der Waals surface area contributed by atoms with Gasteiger partial charge in [0, 0.05) is 24.2 Å². The van der Waals surface area contributed by atoms with Gasteiger partial charge in [-0.3, -0.25) is 4.79 Å². The highest BCUT2D eigenvalue weighted by Gasteiger charge is 2.20. The monoisotopic (exact) mass is 286 g/mol. The van der Waals surface area contributed by atoms with Crippen molar-refractivity contribution >= 4 is 5.91 Å². The molecule has 4 heteroatoms. The number of amides is 1. The van der Waals surface area contributed by atoms with Crippen molar-refractivity contribution in [2.75, 3.05) is 33.3 Å². The summed E-state index contributed by atoms with van der Waals surface area (Å²) in [6, 6.07) is 5.54. The molecule has 2 rings (SSSR count). The molecule has 0 spiro atoms. The summed E-state index contributed by atoms with van der Waals surface area (Å²) >= 11 is 0. The molecular weight excluding hydrogens is 264 g/mol. The molecule has 1 aromatic carbocycles. The molecule has 1 saturated heterocycles. The fourth-order valence-electron chi connectivity index (χ4n) is 2.66. The lowest BCUT2D eigenvalue weighted by Gasteiger charge is -2.12. The normalized spacial score (nSPS) is 18.1. The van der Waals surface area contributed by atoms with Gasteiger partial charge in [0.15, 0.2) is 0 Å². The van der Waals surface area contributed by atoms with Crippen LogP contribution in [-0.4, -0.2) is 49.2 Å². The Morgan fingerprint density at radius 1 is 1.48 bits per heavy atom. The van der Waals surface area contributed by atoms with Gasteiger partial charge in [0.25, 0.3) is 5.91 Å². The second-order valence-corrected chi connectivity index (χ2v) is 5.67. The van der Waals surface area contributed by atoms with Crippen molar-refractivity contribution in [1.82, 2.24) is 10.2 Å². The summed E-state index contributed by atoms with van der Waals surface area (Å²) in [5.41, 5.74) is 2.38. The molecule has 1 heterocycles. The molecule has 1 fully saturated rings. The standard InChI is InChI=1S/C17H22N2O2/c1-13-8-14(4-3-7-20)10-16(9-13)17(21)18-11-15-5-6-19(2)12-15/h8-10,15,20H,5-7,11-12H2,1-2H3,(H,18,21). The number of aryl methyl sites for hydroxylation is 1. The van der Waals surface area contributed by atoms with Crippen LogP contribution >= 0.6 is 0 Å². The van der Waals surface area contributed by atoms with Crippen LogP contribution in [0.3, 0.4) is 0 Å². The molecule has 0 aliphatic carbocycles. The largest absolute Gasteiger partial charge is 0.384 e. The Balaban J connectivity index is 1.99. The maximum Gasteiger partial charge on any atom is 0.251 e. The minimum absolute atomic E-state index is 0.0553. The molecule has 0 saturated carbocycles. The van der Waals surface area contributed by atoms with Crippen molar-refractivity contribution < 1.29 is 9.90 Å². The van der Waals surface area contributed by atoms with E-state index in [2.05, 4.69) is 29.1 Å². The Labute approximate surface area is 126 Å². The Hall–Kier alpha value is -1.83. The van der Waals surface area contributed by atoms with Crippen LogP contribution in [0.1, 0.15) is 27.9 Å². The van der Waals surface area contributed by atoms with Gasteiger partial charge in [0.05, 0.1) is 0 Å². The Bertz CT molecular complexity index is 572. The van der Waals surface area contributed by atoms with Gasteiger partial charge in [0.1, 0.15) is 6.61 Å². The number of hydrogen-bond acceptors (Lipinski definition) is 3. The van der Waals surface area contributed by atoms with Gasteiger partial charge in [-0.1, -0.05) is 11.8 Å². The predicted molar refractivity (Wildman–Crippen MR) is 83.1 cm³/mol. The average molecular weight is 286 g/mol. The van der Waals surface area contributed by atoms with E-state index in [-0.39, 0.29) is 12.5 Å². The van der Waals surface area contributed by atoms with Crippen molar-refractivity contribution in [3.63, 3.8) is 0 Å². The SMILES string of the molecule is Cc1cc(C#CCO)cc(C(=O)NCC2CCN(C)C2)c1. The summed E-state index contributed by atoms with van der Waals surface area (Å²) in [7, 11) is 2.11. The van der Waals surface area contributed by atoms with E-state index in [4.69, 9.17) is 5.11 Å². The van der Waals surface area contributed by atoms with E-state index in [0.717, 1.165) is 37.2 Å².